The molecule has 3 rings (SSSR count). The van der Waals surface area contributed by atoms with Gasteiger partial charge >= 0.3 is 5.97 Å². The number of aryl methyl sites for hydroxylation is 1. The number of hydrogen-bond acceptors (Lipinski definition) is 8. The molecule has 242 valence electrons. The molecule has 2 saturated carbocycles. The summed E-state index contributed by atoms with van der Waals surface area (Å²) in [4.78, 5) is 70.8. The monoisotopic (exact) mass is 610 g/mol. The Labute approximate surface area is 260 Å². The summed E-state index contributed by atoms with van der Waals surface area (Å²) in [6.07, 6.45) is 9.33. The Bertz CT molecular complexity index is 1370. The molecule has 1 aromatic rings. The first kappa shape index (κ1) is 35.1. The highest BCUT2D eigenvalue weighted by atomic mass is 16.5. The van der Waals surface area contributed by atoms with Gasteiger partial charge in [-0.1, -0.05) is 41.5 Å². The second kappa shape index (κ2) is 14.2. The van der Waals surface area contributed by atoms with E-state index in [9.17, 15) is 24.0 Å². The van der Waals surface area contributed by atoms with E-state index in [1.807, 2.05) is 0 Å². The van der Waals surface area contributed by atoms with E-state index in [1.165, 1.54) is 6.07 Å². The van der Waals surface area contributed by atoms with Gasteiger partial charge in [0.1, 0.15) is 5.82 Å². The number of aromatic amines is 1. The summed E-state index contributed by atoms with van der Waals surface area (Å²) >= 11 is 0. The number of carbonyl (C=O) groups is 2. The van der Waals surface area contributed by atoms with Crippen molar-refractivity contribution >= 4 is 29.9 Å². The fourth-order valence-electron chi connectivity index (χ4n) is 8.80. The van der Waals surface area contributed by atoms with Gasteiger partial charge in [-0.3, -0.25) is 14.4 Å². The van der Waals surface area contributed by atoms with Gasteiger partial charge in [-0.05, 0) is 78.9 Å². The van der Waals surface area contributed by atoms with Crippen LogP contribution in [0.4, 0.5) is 5.82 Å². The average molecular weight is 611 g/mol. The number of amides is 1. The number of esters is 1. The lowest BCUT2D eigenvalue weighted by atomic mass is 9.60. The lowest BCUT2D eigenvalue weighted by Crippen LogP contribution is -2.38. The minimum Gasteiger partial charge on any atom is -0.465 e. The molecular weight excluding hydrogens is 560 g/mol. The number of nitrogens with zero attached hydrogens (tertiary/aromatic N) is 2. The normalized spacial score (nSPS) is 27.3. The zero-order valence-electron chi connectivity index (χ0n) is 27.6. The van der Waals surface area contributed by atoms with Crippen LogP contribution < -0.4 is 10.7 Å². The zero-order chi connectivity index (χ0) is 32.8. The maximum absolute atomic E-state index is 13.0. The van der Waals surface area contributed by atoms with Crippen LogP contribution in [0.3, 0.4) is 0 Å². The van der Waals surface area contributed by atoms with E-state index in [1.54, 1.807) is 19.1 Å². The van der Waals surface area contributed by atoms with E-state index >= 15 is 0 Å². The van der Waals surface area contributed by atoms with Crippen molar-refractivity contribution < 1.29 is 23.9 Å². The molecule has 0 bridgehead atoms. The van der Waals surface area contributed by atoms with Crippen LogP contribution in [-0.4, -0.2) is 48.7 Å². The maximum atomic E-state index is 13.0. The highest BCUT2D eigenvalue weighted by Gasteiger charge is 2.43. The Morgan fingerprint density at radius 3 is 1.93 bits per heavy atom. The van der Waals surface area contributed by atoms with Gasteiger partial charge in [0.05, 0.1) is 19.7 Å². The van der Waals surface area contributed by atoms with Gasteiger partial charge in [-0.25, -0.2) is 19.6 Å². The number of aliphatic imine (C=N–C) groups is 2. The third-order valence-corrected chi connectivity index (χ3v) is 9.27. The van der Waals surface area contributed by atoms with E-state index in [2.05, 4.69) is 61.8 Å². The molecule has 10 heteroatoms. The van der Waals surface area contributed by atoms with Crippen molar-refractivity contribution in [2.45, 2.75) is 106 Å². The van der Waals surface area contributed by atoms with Crippen LogP contribution in [0.5, 0.6) is 0 Å². The van der Waals surface area contributed by atoms with Crippen molar-refractivity contribution in [3.8, 4) is 0 Å². The van der Waals surface area contributed by atoms with Gasteiger partial charge in [0.2, 0.25) is 18.1 Å². The molecule has 0 saturated heterocycles. The summed E-state index contributed by atoms with van der Waals surface area (Å²) < 4.78 is 5.54. The average Bonchev–Trinajstić information content (AvgIpc) is 2.85. The van der Waals surface area contributed by atoms with Crippen molar-refractivity contribution in [2.75, 3.05) is 25.0 Å². The first-order valence-corrected chi connectivity index (χ1v) is 15.7. The van der Waals surface area contributed by atoms with Crippen molar-refractivity contribution in [1.82, 2.24) is 4.98 Å². The summed E-state index contributed by atoms with van der Waals surface area (Å²) in [7, 11) is 0. The zero-order valence-corrected chi connectivity index (χ0v) is 27.6. The molecule has 2 N–H and O–H groups in total. The predicted octanol–water partition coefficient (Wildman–Crippen LogP) is 5.82. The molecule has 4 atom stereocenters. The molecule has 1 aromatic heterocycles. The number of ether oxygens (including phenoxy) is 1. The molecule has 0 aromatic carbocycles. The molecule has 4 unspecified atom stereocenters. The van der Waals surface area contributed by atoms with E-state index in [-0.39, 0.29) is 70.2 Å². The van der Waals surface area contributed by atoms with Crippen LogP contribution in [0.1, 0.15) is 104 Å². The Hall–Kier alpha value is -3.35. The number of aromatic nitrogens is 1. The molecule has 2 aliphatic rings. The number of isocyanates is 2. The van der Waals surface area contributed by atoms with Gasteiger partial charge in [0.25, 0.3) is 0 Å². The van der Waals surface area contributed by atoms with Crippen molar-refractivity contribution in [2.24, 2.45) is 43.5 Å². The Morgan fingerprint density at radius 2 is 1.43 bits per heavy atom. The number of pyridine rings is 1. The van der Waals surface area contributed by atoms with Crippen LogP contribution in [0, 0.1) is 40.4 Å². The summed E-state index contributed by atoms with van der Waals surface area (Å²) in [5, 5.41) is 2.85. The largest absolute Gasteiger partial charge is 0.465 e. The van der Waals surface area contributed by atoms with Crippen LogP contribution >= 0.6 is 0 Å². The Kier molecular flexibility index (Phi) is 11.3. The van der Waals surface area contributed by atoms with E-state index in [4.69, 9.17) is 4.74 Å². The molecule has 44 heavy (non-hydrogen) atoms. The lowest BCUT2D eigenvalue weighted by Gasteiger charge is -2.45. The lowest BCUT2D eigenvalue weighted by molar-refractivity contribution is -0.145. The molecule has 0 aliphatic heterocycles. The second-order valence-corrected chi connectivity index (χ2v) is 15.7. The van der Waals surface area contributed by atoms with E-state index in [0.29, 0.717) is 36.6 Å². The summed E-state index contributed by atoms with van der Waals surface area (Å²) in [5.41, 5.74) is 0.609. The minimum absolute atomic E-state index is 0.0199. The minimum atomic E-state index is -0.299. The van der Waals surface area contributed by atoms with Gasteiger partial charge in [0, 0.05) is 36.6 Å². The van der Waals surface area contributed by atoms with Gasteiger partial charge < -0.3 is 15.0 Å². The Balaban J connectivity index is 1.53. The Morgan fingerprint density at radius 1 is 0.909 bits per heavy atom. The molecule has 1 heterocycles. The second-order valence-electron chi connectivity index (χ2n) is 15.7. The fraction of sp³-hybridized carbons (Fsp3) is 0.735. The van der Waals surface area contributed by atoms with Crippen LogP contribution in [0.25, 0.3) is 0 Å². The summed E-state index contributed by atoms with van der Waals surface area (Å²) in [6, 6.07) is 1.38. The molecule has 0 radical (unpaired) electrons. The molecular formula is C34H50N4O6. The number of rotatable bonds is 12. The maximum Gasteiger partial charge on any atom is 0.306 e. The topological polar surface area (TPSA) is 147 Å². The summed E-state index contributed by atoms with van der Waals surface area (Å²) in [5.74, 6) is 0.121. The van der Waals surface area contributed by atoms with Gasteiger partial charge in [0.15, 0.2) is 5.43 Å². The number of anilines is 1. The number of H-pyrrole nitrogens is 1. The smallest absolute Gasteiger partial charge is 0.306 e. The fourth-order valence-corrected chi connectivity index (χ4v) is 8.80. The standard InChI is InChI=1S/C34H50N4O6/c1-23-26(8-9-44-30(43)11-25-14-32(4,5)18-34(7,16-25)20-36-22-40)27(41)12-28(37-23)38-29(42)10-24-13-31(2,3)17-33(6,15-24)19-35-21-39/h12,24-25H,8-11,13-20H2,1-7H3,(H2,37,38,41,42). The third-order valence-electron chi connectivity index (χ3n) is 9.27. The molecule has 0 spiro atoms. The van der Waals surface area contributed by atoms with Crippen molar-refractivity contribution in [3.63, 3.8) is 0 Å². The van der Waals surface area contributed by atoms with E-state index in [0.717, 1.165) is 38.5 Å². The van der Waals surface area contributed by atoms with Crippen LogP contribution in [0.2, 0.25) is 0 Å². The highest BCUT2D eigenvalue weighted by molar-refractivity contribution is 5.89. The third kappa shape index (κ3) is 10.4. The predicted molar refractivity (Wildman–Crippen MR) is 169 cm³/mol. The molecule has 2 aliphatic carbocycles. The number of nitrogens with one attached hydrogen (secondary N) is 2. The van der Waals surface area contributed by atoms with Crippen LogP contribution in [0.15, 0.2) is 20.8 Å². The quantitative estimate of drug-likeness (QED) is 0.173. The molecule has 1 amide bonds. The SMILES string of the molecule is Cc1[nH]c(NC(=O)CC2CC(C)(C)CC(C)(CN=C=O)C2)cc(=O)c1CCOC(=O)CC1CC(C)(C)CC(C)(CN=C=O)C1. The molecule has 2 fully saturated rings. The van der Waals surface area contributed by atoms with Gasteiger partial charge in [-0.15, -0.1) is 0 Å². The first-order chi connectivity index (χ1) is 20.5. The highest BCUT2D eigenvalue weighted by Crippen LogP contribution is 2.50. The first-order valence-electron chi connectivity index (χ1n) is 15.7. The molecule has 10 nitrogen and oxygen atoms in total. The van der Waals surface area contributed by atoms with E-state index < -0.39 is 0 Å². The van der Waals surface area contributed by atoms with Crippen LogP contribution in [-0.2, 0) is 30.3 Å². The summed E-state index contributed by atoms with van der Waals surface area (Å²) in [6.45, 7) is 15.6. The number of hydrogen-bond donors (Lipinski definition) is 2. The van der Waals surface area contributed by atoms with Crippen molar-refractivity contribution in [1.29, 1.82) is 0 Å². The number of carbonyl (C=O) groups excluding carboxylic acids is 4. The van der Waals surface area contributed by atoms with Crippen molar-refractivity contribution in [3.05, 3.63) is 27.5 Å². The van der Waals surface area contributed by atoms with Gasteiger partial charge in [-0.2, -0.15) is 0 Å².